The molecule has 0 spiro atoms. The van der Waals surface area contributed by atoms with Crippen molar-refractivity contribution in [2.24, 2.45) is 0 Å². The highest BCUT2D eigenvalue weighted by molar-refractivity contribution is 7.91. The van der Waals surface area contributed by atoms with E-state index in [0.717, 1.165) is 5.69 Å². The van der Waals surface area contributed by atoms with Crippen molar-refractivity contribution in [3.63, 3.8) is 0 Å². The fourth-order valence-electron chi connectivity index (χ4n) is 3.06. The molecular weight excluding hydrogens is 350 g/mol. The summed E-state index contributed by atoms with van der Waals surface area (Å²) in [5.41, 5.74) is 4.47. The molecular formula is C19H23N3O3S. The minimum Gasteiger partial charge on any atom is -0.354 e. The molecule has 1 unspecified atom stereocenters. The van der Waals surface area contributed by atoms with Crippen molar-refractivity contribution in [1.82, 2.24) is 9.88 Å². The molecule has 3 rings (SSSR count). The minimum atomic E-state index is -3.03. The second-order valence-electron chi connectivity index (χ2n) is 6.86. The normalized spacial score (nSPS) is 18.5. The molecule has 0 saturated carbocycles. The number of aromatic nitrogens is 1. The van der Waals surface area contributed by atoms with Crippen molar-refractivity contribution >= 4 is 27.1 Å². The van der Waals surface area contributed by atoms with Gasteiger partial charge in [-0.1, -0.05) is 6.07 Å². The summed E-state index contributed by atoms with van der Waals surface area (Å²) < 4.78 is 23.3. The molecule has 7 heteroatoms. The number of carbonyl (C=O) groups excluding carboxylic acids is 1. The number of carbonyl (C=O) groups is 1. The van der Waals surface area contributed by atoms with Crippen molar-refractivity contribution in [3.8, 4) is 0 Å². The average Bonchev–Trinajstić information content (AvgIpc) is 2.97. The van der Waals surface area contributed by atoms with E-state index in [0.29, 0.717) is 17.7 Å². The van der Waals surface area contributed by atoms with E-state index in [2.05, 4.69) is 17.2 Å². The zero-order valence-corrected chi connectivity index (χ0v) is 16.0. The quantitative estimate of drug-likeness (QED) is 0.891. The Balaban J connectivity index is 1.76. The van der Waals surface area contributed by atoms with E-state index in [1.165, 1.54) is 22.2 Å². The number of benzene rings is 1. The summed E-state index contributed by atoms with van der Waals surface area (Å²) in [6.45, 7) is 4.10. The Hall–Kier alpha value is -2.41. The van der Waals surface area contributed by atoms with Crippen LogP contribution in [0.1, 0.15) is 27.9 Å². The van der Waals surface area contributed by atoms with Crippen LogP contribution in [0.25, 0.3) is 0 Å². The standard InChI is InChI=1S/C19H23N3O3S/c1-13-4-5-16(8-14(13)2)21-17-9-15(10-20-11-17)19(23)22(3)18-6-7-26(24,25)12-18/h4-5,8-11,18,21H,6-7,12H2,1-3H3. The lowest BCUT2D eigenvalue weighted by atomic mass is 10.1. The highest BCUT2D eigenvalue weighted by Gasteiger charge is 2.33. The third-order valence-corrected chi connectivity index (χ3v) is 6.61. The largest absolute Gasteiger partial charge is 0.354 e. The molecule has 26 heavy (non-hydrogen) atoms. The van der Waals surface area contributed by atoms with Gasteiger partial charge in [0.25, 0.3) is 5.91 Å². The molecule has 0 radical (unpaired) electrons. The van der Waals surface area contributed by atoms with Gasteiger partial charge in [0.2, 0.25) is 0 Å². The van der Waals surface area contributed by atoms with E-state index in [9.17, 15) is 13.2 Å². The molecule has 1 N–H and O–H groups in total. The number of amides is 1. The molecule has 1 aromatic carbocycles. The summed E-state index contributed by atoms with van der Waals surface area (Å²) in [5, 5.41) is 3.26. The van der Waals surface area contributed by atoms with Gasteiger partial charge in [-0.05, 0) is 49.6 Å². The third-order valence-electron chi connectivity index (χ3n) is 4.86. The smallest absolute Gasteiger partial charge is 0.255 e. The molecule has 1 fully saturated rings. The monoisotopic (exact) mass is 373 g/mol. The first kappa shape index (κ1) is 18.4. The number of pyridine rings is 1. The number of hydrogen-bond acceptors (Lipinski definition) is 5. The highest BCUT2D eigenvalue weighted by Crippen LogP contribution is 2.22. The van der Waals surface area contributed by atoms with E-state index >= 15 is 0 Å². The molecule has 6 nitrogen and oxygen atoms in total. The van der Waals surface area contributed by atoms with Crippen LogP contribution < -0.4 is 5.32 Å². The number of sulfone groups is 1. The van der Waals surface area contributed by atoms with Crippen LogP contribution in [0.3, 0.4) is 0 Å². The van der Waals surface area contributed by atoms with Gasteiger partial charge in [-0.25, -0.2) is 8.42 Å². The van der Waals surface area contributed by atoms with Crippen LogP contribution in [0.4, 0.5) is 11.4 Å². The van der Waals surface area contributed by atoms with Gasteiger partial charge in [-0.2, -0.15) is 0 Å². The lowest BCUT2D eigenvalue weighted by molar-refractivity contribution is 0.0747. The van der Waals surface area contributed by atoms with Gasteiger partial charge in [0.1, 0.15) is 0 Å². The second-order valence-corrected chi connectivity index (χ2v) is 9.09. The van der Waals surface area contributed by atoms with Crippen molar-refractivity contribution in [2.45, 2.75) is 26.3 Å². The summed E-state index contributed by atoms with van der Waals surface area (Å²) >= 11 is 0. The number of anilines is 2. The van der Waals surface area contributed by atoms with Crippen LogP contribution >= 0.6 is 0 Å². The SMILES string of the molecule is Cc1ccc(Nc2cncc(C(=O)N(C)C3CCS(=O)(=O)C3)c2)cc1C. The van der Waals surface area contributed by atoms with Crippen LogP contribution in [0.5, 0.6) is 0 Å². The van der Waals surface area contributed by atoms with Crippen molar-refractivity contribution in [1.29, 1.82) is 0 Å². The third kappa shape index (κ3) is 4.04. The minimum absolute atomic E-state index is 0.0310. The Morgan fingerprint density at radius 3 is 2.58 bits per heavy atom. The van der Waals surface area contributed by atoms with Crippen LogP contribution in [0, 0.1) is 13.8 Å². The number of rotatable bonds is 4. The average molecular weight is 373 g/mol. The van der Waals surface area contributed by atoms with Crippen molar-refractivity contribution in [3.05, 3.63) is 53.3 Å². The Morgan fingerprint density at radius 1 is 1.15 bits per heavy atom. The second kappa shape index (κ2) is 7.07. The fourth-order valence-corrected chi connectivity index (χ4v) is 4.84. The number of hydrogen-bond donors (Lipinski definition) is 1. The highest BCUT2D eigenvalue weighted by atomic mass is 32.2. The first-order chi connectivity index (χ1) is 12.2. The Morgan fingerprint density at radius 2 is 1.92 bits per heavy atom. The van der Waals surface area contributed by atoms with E-state index in [-0.39, 0.29) is 23.5 Å². The maximum atomic E-state index is 12.7. The molecule has 2 aromatic rings. The topological polar surface area (TPSA) is 79.4 Å². The van der Waals surface area contributed by atoms with E-state index < -0.39 is 9.84 Å². The van der Waals surface area contributed by atoms with E-state index in [1.807, 2.05) is 25.1 Å². The van der Waals surface area contributed by atoms with Gasteiger partial charge in [-0.15, -0.1) is 0 Å². The summed E-state index contributed by atoms with van der Waals surface area (Å²) in [4.78, 5) is 18.4. The zero-order valence-electron chi connectivity index (χ0n) is 15.2. The lowest BCUT2D eigenvalue weighted by Gasteiger charge is -2.23. The van der Waals surface area contributed by atoms with Gasteiger partial charge in [0.05, 0.1) is 29.0 Å². The summed E-state index contributed by atoms with van der Waals surface area (Å²) in [7, 11) is -1.38. The molecule has 2 heterocycles. The van der Waals surface area contributed by atoms with Gasteiger partial charge >= 0.3 is 0 Å². The van der Waals surface area contributed by atoms with Crippen LogP contribution in [-0.2, 0) is 9.84 Å². The Bertz CT molecular complexity index is 941. The van der Waals surface area contributed by atoms with Crippen molar-refractivity contribution < 1.29 is 13.2 Å². The van der Waals surface area contributed by atoms with Gasteiger partial charge in [0, 0.05) is 25.0 Å². The predicted octanol–water partition coefficient (Wildman–Crippen LogP) is 2.70. The molecule has 1 atom stereocenters. The first-order valence-corrected chi connectivity index (χ1v) is 10.3. The molecule has 0 bridgehead atoms. The molecule has 1 aliphatic rings. The van der Waals surface area contributed by atoms with Crippen molar-refractivity contribution in [2.75, 3.05) is 23.9 Å². The summed E-state index contributed by atoms with van der Waals surface area (Å²) in [6, 6.07) is 7.52. The van der Waals surface area contributed by atoms with Gasteiger partial charge in [-0.3, -0.25) is 9.78 Å². The molecule has 0 aliphatic carbocycles. The zero-order chi connectivity index (χ0) is 18.9. The van der Waals surface area contributed by atoms with Crippen LogP contribution in [-0.4, -0.2) is 48.8 Å². The number of nitrogens with zero attached hydrogens (tertiary/aromatic N) is 2. The maximum absolute atomic E-state index is 12.7. The van der Waals surface area contributed by atoms with Crippen LogP contribution in [0.15, 0.2) is 36.7 Å². The Kier molecular flexibility index (Phi) is 5.00. The first-order valence-electron chi connectivity index (χ1n) is 8.52. The maximum Gasteiger partial charge on any atom is 0.255 e. The molecule has 1 aromatic heterocycles. The van der Waals surface area contributed by atoms with Gasteiger partial charge < -0.3 is 10.2 Å². The number of nitrogens with one attached hydrogen (secondary N) is 1. The molecule has 1 aliphatic heterocycles. The van der Waals surface area contributed by atoms with Crippen LogP contribution in [0.2, 0.25) is 0 Å². The van der Waals surface area contributed by atoms with E-state index in [1.54, 1.807) is 19.3 Å². The lowest BCUT2D eigenvalue weighted by Crippen LogP contribution is -2.37. The Labute approximate surface area is 154 Å². The predicted molar refractivity (Wildman–Crippen MR) is 103 cm³/mol. The summed E-state index contributed by atoms with van der Waals surface area (Å²) in [5.74, 6) is -0.0473. The molecule has 1 saturated heterocycles. The number of aryl methyl sites for hydroxylation is 2. The van der Waals surface area contributed by atoms with Gasteiger partial charge in [0.15, 0.2) is 9.84 Å². The molecule has 138 valence electrons. The fraction of sp³-hybridized carbons (Fsp3) is 0.368. The van der Waals surface area contributed by atoms with E-state index in [4.69, 9.17) is 0 Å². The summed E-state index contributed by atoms with van der Waals surface area (Å²) in [6.07, 6.45) is 3.65. The molecule has 1 amide bonds.